The van der Waals surface area contributed by atoms with E-state index in [1.807, 2.05) is 60.9 Å². The fourth-order valence-electron chi connectivity index (χ4n) is 2.05. The number of benzene rings is 2. The Morgan fingerprint density at radius 3 is 1.50 bits per heavy atom. The minimum absolute atomic E-state index is 0.824. The van der Waals surface area contributed by atoms with Gasteiger partial charge in [-0.25, -0.2) is 0 Å². The standard InChI is InChI=1S/C18H14Br2N4/c19-13-9-21-15-5-1-2-6-16(15)22-10-14(20)12-24-18-8-4-3-7-17(18)23-11-13/h1-12,21,24H/b13-9+,14-12+,22-10?,23-11?. The molecule has 1 heterocycles. The molecule has 2 aromatic carbocycles. The fourth-order valence-corrected chi connectivity index (χ4v) is 2.48. The third-order valence-electron chi connectivity index (χ3n) is 3.19. The van der Waals surface area contributed by atoms with Crippen LogP contribution in [0, 0.1) is 0 Å². The summed E-state index contributed by atoms with van der Waals surface area (Å²) in [6.45, 7) is 0. The Kier molecular flexibility index (Phi) is 5.61. The van der Waals surface area contributed by atoms with Gasteiger partial charge in [-0.3, -0.25) is 9.98 Å². The predicted molar refractivity (Wildman–Crippen MR) is 110 cm³/mol. The van der Waals surface area contributed by atoms with E-state index in [1.54, 1.807) is 12.4 Å². The van der Waals surface area contributed by atoms with E-state index < -0.39 is 0 Å². The summed E-state index contributed by atoms with van der Waals surface area (Å²) in [5.41, 5.74) is 3.50. The number of anilines is 2. The molecule has 2 N–H and O–H groups in total. The zero-order valence-corrected chi connectivity index (χ0v) is 15.8. The van der Waals surface area contributed by atoms with E-state index in [2.05, 4.69) is 52.5 Å². The van der Waals surface area contributed by atoms with E-state index in [0.717, 1.165) is 31.7 Å². The highest BCUT2D eigenvalue weighted by molar-refractivity contribution is 9.12. The van der Waals surface area contributed by atoms with Gasteiger partial charge in [0.2, 0.25) is 0 Å². The Morgan fingerprint density at radius 2 is 1.04 bits per heavy atom. The molecule has 0 aliphatic carbocycles. The molecule has 3 rings (SSSR count). The maximum atomic E-state index is 4.52. The van der Waals surface area contributed by atoms with Crippen LogP contribution in [0.15, 0.2) is 79.9 Å². The van der Waals surface area contributed by atoms with E-state index in [9.17, 15) is 0 Å². The van der Waals surface area contributed by atoms with Crippen molar-refractivity contribution in [1.29, 1.82) is 0 Å². The van der Waals surface area contributed by atoms with Crippen LogP contribution in [0.2, 0.25) is 0 Å². The summed E-state index contributed by atoms with van der Waals surface area (Å²) in [5.74, 6) is 0. The molecule has 0 aromatic heterocycles. The van der Waals surface area contributed by atoms with Crippen molar-refractivity contribution in [2.24, 2.45) is 9.98 Å². The van der Waals surface area contributed by atoms with Gasteiger partial charge in [0.15, 0.2) is 0 Å². The van der Waals surface area contributed by atoms with Crippen LogP contribution >= 0.6 is 31.9 Å². The Morgan fingerprint density at radius 1 is 0.625 bits per heavy atom. The summed E-state index contributed by atoms with van der Waals surface area (Å²) in [7, 11) is 0. The molecule has 0 amide bonds. The van der Waals surface area contributed by atoms with Gasteiger partial charge < -0.3 is 10.6 Å². The van der Waals surface area contributed by atoms with Crippen LogP contribution < -0.4 is 10.6 Å². The van der Waals surface area contributed by atoms with Crippen molar-refractivity contribution in [2.75, 3.05) is 10.6 Å². The number of nitrogens with one attached hydrogen (secondary N) is 2. The molecule has 0 atom stereocenters. The van der Waals surface area contributed by atoms with Crippen LogP contribution in [-0.2, 0) is 0 Å². The Balaban J connectivity index is 2.02. The number of allylic oxidation sites excluding steroid dienone is 2. The zero-order valence-electron chi connectivity index (χ0n) is 12.6. The first kappa shape index (κ1) is 16.7. The van der Waals surface area contributed by atoms with Crippen LogP contribution in [0.25, 0.3) is 0 Å². The number of halogens is 2. The highest BCUT2D eigenvalue weighted by atomic mass is 79.9. The second kappa shape index (κ2) is 8.08. The first-order valence-corrected chi connectivity index (χ1v) is 8.81. The highest BCUT2D eigenvalue weighted by Crippen LogP contribution is 2.27. The van der Waals surface area contributed by atoms with Crippen LogP contribution in [0.4, 0.5) is 22.7 Å². The minimum atomic E-state index is 0.824. The SMILES string of the molecule is Br/C1=C/Nc2ccccc2N=C/C(Br)=C\Nc2ccccc2N=C1. The molecule has 24 heavy (non-hydrogen) atoms. The minimum Gasteiger partial charge on any atom is -0.359 e. The van der Waals surface area contributed by atoms with Crippen molar-refractivity contribution in [3.8, 4) is 0 Å². The van der Waals surface area contributed by atoms with Crippen molar-refractivity contribution in [2.45, 2.75) is 0 Å². The number of nitrogens with zero attached hydrogens (tertiary/aromatic N) is 2. The Bertz CT molecular complexity index is 782. The van der Waals surface area contributed by atoms with Gasteiger partial charge in [0.25, 0.3) is 0 Å². The number of rotatable bonds is 0. The van der Waals surface area contributed by atoms with Crippen LogP contribution in [0.1, 0.15) is 0 Å². The van der Waals surface area contributed by atoms with Gasteiger partial charge >= 0.3 is 0 Å². The zero-order chi connectivity index (χ0) is 16.8. The van der Waals surface area contributed by atoms with Crippen molar-refractivity contribution in [1.82, 2.24) is 0 Å². The number of para-hydroxylation sites is 4. The molecule has 1 aliphatic rings. The molecule has 0 spiro atoms. The number of fused-ring (bicyclic) bond motifs is 2. The second-order valence-electron chi connectivity index (χ2n) is 4.90. The molecule has 0 fully saturated rings. The fraction of sp³-hybridized carbons (Fsp3) is 0. The summed E-state index contributed by atoms with van der Waals surface area (Å²) >= 11 is 6.99. The van der Waals surface area contributed by atoms with E-state index in [4.69, 9.17) is 0 Å². The highest BCUT2D eigenvalue weighted by Gasteiger charge is 2.01. The molecule has 120 valence electrons. The lowest BCUT2D eigenvalue weighted by atomic mass is 10.2. The molecule has 1 aliphatic heterocycles. The molecule has 0 saturated heterocycles. The molecule has 6 heteroatoms. The Labute approximate surface area is 157 Å². The van der Waals surface area contributed by atoms with Crippen LogP contribution in [-0.4, -0.2) is 12.4 Å². The lowest BCUT2D eigenvalue weighted by Crippen LogP contribution is -1.93. The molecule has 0 unspecified atom stereocenters. The first-order chi connectivity index (χ1) is 11.7. The normalized spacial score (nSPS) is 18.6. The van der Waals surface area contributed by atoms with E-state index in [-0.39, 0.29) is 0 Å². The summed E-state index contributed by atoms with van der Waals surface area (Å²) < 4.78 is 1.65. The number of hydrogen-bond donors (Lipinski definition) is 2. The van der Waals surface area contributed by atoms with Gasteiger partial charge in [-0.05, 0) is 56.1 Å². The van der Waals surface area contributed by atoms with Gasteiger partial charge in [-0.1, -0.05) is 24.3 Å². The summed E-state index contributed by atoms with van der Waals surface area (Å²) in [4.78, 5) is 9.03. The third-order valence-corrected chi connectivity index (χ3v) is 4.06. The third kappa shape index (κ3) is 4.43. The number of hydrogen-bond acceptors (Lipinski definition) is 4. The maximum Gasteiger partial charge on any atom is 0.0864 e. The quantitative estimate of drug-likeness (QED) is 0.514. The van der Waals surface area contributed by atoms with E-state index in [0.29, 0.717) is 0 Å². The first-order valence-electron chi connectivity index (χ1n) is 7.23. The maximum absolute atomic E-state index is 4.52. The summed E-state index contributed by atoms with van der Waals surface area (Å²) in [5, 5.41) is 6.48. The lowest BCUT2D eigenvalue weighted by Gasteiger charge is -2.07. The van der Waals surface area contributed by atoms with Crippen molar-refractivity contribution >= 4 is 67.0 Å². The van der Waals surface area contributed by atoms with Gasteiger partial charge in [-0.15, -0.1) is 0 Å². The molecule has 0 saturated carbocycles. The van der Waals surface area contributed by atoms with Crippen molar-refractivity contribution in [3.63, 3.8) is 0 Å². The summed E-state index contributed by atoms with van der Waals surface area (Å²) in [6.07, 6.45) is 7.18. The summed E-state index contributed by atoms with van der Waals surface area (Å²) in [6, 6.07) is 15.7. The Hall–Kier alpha value is -2.18. The molecule has 2 aromatic rings. The van der Waals surface area contributed by atoms with Gasteiger partial charge in [0.1, 0.15) is 0 Å². The monoisotopic (exact) mass is 444 g/mol. The molecule has 4 nitrogen and oxygen atoms in total. The second-order valence-corrected chi connectivity index (χ2v) is 6.73. The van der Waals surface area contributed by atoms with Crippen LogP contribution in [0.5, 0.6) is 0 Å². The molecular weight excluding hydrogens is 432 g/mol. The van der Waals surface area contributed by atoms with E-state index in [1.165, 1.54) is 0 Å². The lowest BCUT2D eigenvalue weighted by molar-refractivity contribution is 1.47. The average Bonchev–Trinajstić information content (AvgIpc) is 2.62. The van der Waals surface area contributed by atoms with E-state index >= 15 is 0 Å². The topological polar surface area (TPSA) is 48.8 Å². The smallest absolute Gasteiger partial charge is 0.0864 e. The van der Waals surface area contributed by atoms with Gasteiger partial charge in [-0.2, -0.15) is 0 Å². The largest absolute Gasteiger partial charge is 0.359 e. The van der Waals surface area contributed by atoms with Crippen LogP contribution in [0.3, 0.4) is 0 Å². The molecular formula is C18H14Br2N4. The molecule has 0 radical (unpaired) electrons. The number of aliphatic imine (C=N–C) groups is 2. The predicted octanol–water partition coefficient (Wildman–Crippen LogP) is 6.10. The van der Waals surface area contributed by atoms with Crippen molar-refractivity contribution in [3.05, 3.63) is 69.9 Å². The van der Waals surface area contributed by atoms with Crippen molar-refractivity contribution < 1.29 is 0 Å². The average molecular weight is 446 g/mol. The van der Waals surface area contributed by atoms with Gasteiger partial charge in [0, 0.05) is 24.8 Å². The molecule has 0 bridgehead atoms. The van der Waals surface area contributed by atoms with Gasteiger partial charge in [0.05, 0.1) is 31.7 Å².